The standard InChI is InChI=1S/C20H25FN4O2/c1-3-22-19(26)18-11-15(23-20(27)17-9-6-10-24(17)2)13-25(18)12-14-7-4-5-8-16(14)21/h4-10,15,18H,3,11-13H2,1-2H3,(H,22,26)(H,23,27). The number of carbonyl (C=O) groups excluding carboxylic acids is 2. The van der Waals surface area contributed by atoms with Crippen molar-refractivity contribution in [2.45, 2.75) is 32.0 Å². The Labute approximate surface area is 158 Å². The molecule has 1 aromatic heterocycles. The molecule has 144 valence electrons. The van der Waals surface area contributed by atoms with Crippen LogP contribution in [0.2, 0.25) is 0 Å². The van der Waals surface area contributed by atoms with Crippen molar-refractivity contribution in [3.05, 3.63) is 59.7 Å². The van der Waals surface area contributed by atoms with E-state index in [1.807, 2.05) is 31.1 Å². The van der Waals surface area contributed by atoms with Gasteiger partial charge >= 0.3 is 0 Å². The van der Waals surface area contributed by atoms with Gasteiger partial charge in [0.15, 0.2) is 0 Å². The molecule has 2 unspecified atom stereocenters. The van der Waals surface area contributed by atoms with E-state index < -0.39 is 6.04 Å². The number of likely N-dealkylation sites (tertiary alicyclic amines) is 1. The highest BCUT2D eigenvalue weighted by atomic mass is 19.1. The number of rotatable bonds is 6. The van der Waals surface area contributed by atoms with Crippen molar-refractivity contribution < 1.29 is 14.0 Å². The van der Waals surface area contributed by atoms with Crippen LogP contribution in [0.25, 0.3) is 0 Å². The molecular weight excluding hydrogens is 347 g/mol. The summed E-state index contributed by atoms with van der Waals surface area (Å²) < 4.78 is 15.8. The molecule has 1 saturated heterocycles. The summed E-state index contributed by atoms with van der Waals surface area (Å²) >= 11 is 0. The van der Waals surface area contributed by atoms with Crippen molar-refractivity contribution in [2.24, 2.45) is 7.05 Å². The summed E-state index contributed by atoms with van der Waals surface area (Å²) in [7, 11) is 1.81. The molecule has 1 aliphatic rings. The van der Waals surface area contributed by atoms with Gasteiger partial charge < -0.3 is 15.2 Å². The van der Waals surface area contributed by atoms with E-state index in [2.05, 4.69) is 10.6 Å². The van der Waals surface area contributed by atoms with Gasteiger partial charge in [-0.3, -0.25) is 14.5 Å². The minimum atomic E-state index is -0.400. The van der Waals surface area contributed by atoms with Gasteiger partial charge in [-0.25, -0.2) is 4.39 Å². The topological polar surface area (TPSA) is 66.4 Å². The van der Waals surface area contributed by atoms with E-state index in [9.17, 15) is 14.0 Å². The molecule has 0 saturated carbocycles. The van der Waals surface area contributed by atoms with Gasteiger partial charge in [0.05, 0.1) is 6.04 Å². The predicted molar refractivity (Wildman–Crippen MR) is 101 cm³/mol. The minimum Gasteiger partial charge on any atom is -0.355 e. The van der Waals surface area contributed by atoms with Gasteiger partial charge in [0.2, 0.25) is 5.91 Å². The van der Waals surface area contributed by atoms with Crippen LogP contribution < -0.4 is 10.6 Å². The Hall–Kier alpha value is -2.67. The Kier molecular flexibility index (Phi) is 5.91. The Morgan fingerprint density at radius 1 is 1.22 bits per heavy atom. The second-order valence-electron chi connectivity index (χ2n) is 6.84. The maximum atomic E-state index is 14.1. The Bertz CT molecular complexity index is 820. The van der Waals surface area contributed by atoms with Crippen LogP contribution in [0, 0.1) is 5.82 Å². The van der Waals surface area contributed by atoms with Crippen LogP contribution >= 0.6 is 0 Å². The molecule has 27 heavy (non-hydrogen) atoms. The first-order chi connectivity index (χ1) is 13.0. The zero-order valence-corrected chi connectivity index (χ0v) is 15.6. The molecule has 2 heterocycles. The number of aromatic nitrogens is 1. The number of benzene rings is 1. The number of halogens is 1. The van der Waals surface area contributed by atoms with Crippen LogP contribution in [-0.4, -0.2) is 46.5 Å². The SMILES string of the molecule is CCNC(=O)C1CC(NC(=O)c2cccn2C)CN1Cc1ccccc1F. The van der Waals surface area contributed by atoms with E-state index in [1.165, 1.54) is 6.07 Å². The van der Waals surface area contributed by atoms with Crippen LogP contribution in [0.15, 0.2) is 42.6 Å². The summed E-state index contributed by atoms with van der Waals surface area (Å²) in [6, 6.07) is 9.56. The van der Waals surface area contributed by atoms with Gasteiger partial charge in [-0.2, -0.15) is 0 Å². The molecule has 2 aromatic rings. The van der Waals surface area contributed by atoms with Crippen molar-refractivity contribution in [1.82, 2.24) is 20.1 Å². The van der Waals surface area contributed by atoms with Crippen molar-refractivity contribution in [3.8, 4) is 0 Å². The molecule has 0 spiro atoms. The summed E-state index contributed by atoms with van der Waals surface area (Å²) in [5, 5.41) is 5.84. The van der Waals surface area contributed by atoms with Gasteiger partial charge in [-0.05, 0) is 31.5 Å². The first kappa shape index (κ1) is 19.1. The average molecular weight is 372 g/mol. The number of nitrogens with one attached hydrogen (secondary N) is 2. The first-order valence-corrected chi connectivity index (χ1v) is 9.17. The summed E-state index contributed by atoms with van der Waals surface area (Å²) in [6.07, 6.45) is 2.31. The lowest BCUT2D eigenvalue weighted by Crippen LogP contribution is -2.42. The lowest BCUT2D eigenvalue weighted by Gasteiger charge is -2.23. The molecule has 0 radical (unpaired) electrons. The summed E-state index contributed by atoms with van der Waals surface area (Å²) in [4.78, 5) is 26.9. The summed E-state index contributed by atoms with van der Waals surface area (Å²) in [5.41, 5.74) is 1.11. The number of hydrogen-bond donors (Lipinski definition) is 2. The number of likely N-dealkylation sites (N-methyl/N-ethyl adjacent to an activating group) is 1. The molecule has 2 amide bonds. The average Bonchev–Trinajstić information content (AvgIpc) is 3.23. The number of nitrogens with zero attached hydrogens (tertiary/aromatic N) is 2. The van der Waals surface area contributed by atoms with E-state index in [-0.39, 0.29) is 23.7 Å². The van der Waals surface area contributed by atoms with E-state index in [0.717, 1.165) is 0 Å². The Morgan fingerprint density at radius 3 is 2.67 bits per heavy atom. The van der Waals surface area contributed by atoms with Gasteiger partial charge in [0.1, 0.15) is 11.5 Å². The monoisotopic (exact) mass is 372 g/mol. The van der Waals surface area contributed by atoms with Crippen LogP contribution in [0.1, 0.15) is 29.4 Å². The zero-order chi connectivity index (χ0) is 19.4. The third-order valence-corrected chi connectivity index (χ3v) is 4.90. The second-order valence-corrected chi connectivity index (χ2v) is 6.84. The lowest BCUT2D eigenvalue weighted by atomic mass is 10.1. The third-order valence-electron chi connectivity index (χ3n) is 4.90. The first-order valence-electron chi connectivity index (χ1n) is 9.17. The molecule has 7 heteroatoms. The lowest BCUT2D eigenvalue weighted by molar-refractivity contribution is -0.125. The normalized spacial score (nSPS) is 19.8. The van der Waals surface area contributed by atoms with Crippen LogP contribution in [0.3, 0.4) is 0 Å². The fourth-order valence-electron chi connectivity index (χ4n) is 3.55. The third kappa shape index (κ3) is 4.36. The van der Waals surface area contributed by atoms with Crippen molar-refractivity contribution >= 4 is 11.8 Å². The molecule has 1 fully saturated rings. The molecule has 6 nitrogen and oxygen atoms in total. The van der Waals surface area contributed by atoms with Crippen molar-refractivity contribution in [3.63, 3.8) is 0 Å². The fourth-order valence-corrected chi connectivity index (χ4v) is 3.55. The van der Waals surface area contributed by atoms with Crippen molar-refractivity contribution in [1.29, 1.82) is 0 Å². The molecule has 3 rings (SSSR count). The maximum absolute atomic E-state index is 14.1. The number of carbonyl (C=O) groups is 2. The van der Waals surface area contributed by atoms with E-state index in [0.29, 0.717) is 37.3 Å². The Balaban J connectivity index is 1.73. The second kappa shape index (κ2) is 8.35. The Morgan fingerprint density at radius 2 is 2.00 bits per heavy atom. The van der Waals surface area contributed by atoms with Gasteiger partial charge in [-0.15, -0.1) is 0 Å². The molecular formula is C20H25FN4O2. The van der Waals surface area contributed by atoms with Crippen molar-refractivity contribution in [2.75, 3.05) is 13.1 Å². The molecule has 2 atom stereocenters. The van der Waals surface area contributed by atoms with Crippen LogP contribution in [0.4, 0.5) is 4.39 Å². The summed E-state index contributed by atoms with van der Waals surface area (Å²) in [5.74, 6) is -0.553. The highest BCUT2D eigenvalue weighted by Gasteiger charge is 2.37. The highest BCUT2D eigenvalue weighted by Crippen LogP contribution is 2.22. The molecule has 1 aliphatic heterocycles. The quantitative estimate of drug-likeness (QED) is 0.811. The molecule has 2 N–H and O–H groups in total. The minimum absolute atomic E-state index is 0.0931. The van der Waals surface area contributed by atoms with Gasteiger partial charge in [0, 0.05) is 44.5 Å². The molecule has 1 aromatic carbocycles. The molecule has 0 aliphatic carbocycles. The summed E-state index contributed by atoms with van der Waals surface area (Å²) in [6.45, 7) is 3.21. The highest BCUT2D eigenvalue weighted by molar-refractivity contribution is 5.93. The largest absolute Gasteiger partial charge is 0.355 e. The molecule has 0 bridgehead atoms. The van der Waals surface area contributed by atoms with Gasteiger partial charge in [0.25, 0.3) is 5.91 Å². The number of hydrogen-bond acceptors (Lipinski definition) is 3. The smallest absolute Gasteiger partial charge is 0.268 e. The van der Waals surface area contributed by atoms with E-state index in [4.69, 9.17) is 0 Å². The predicted octanol–water partition coefficient (Wildman–Crippen LogP) is 1.67. The van der Waals surface area contributed by atoms with Crippen LogP contribution in [0.5, 0.6) is 0 Å². The van der Waals surface area contributed by atoms with Gasteiger partial charge in [-0.1, -0.05) is 18.2 Å². The van der Waals surface area contributed by atoms with E-state index >= 15 is 0 Å². The zero-order valence-electron chi connectivity index (χ0n) is 15.6. The maximum Gasteiger partial charge on any atom is 0.268 e. The number of aryl methyl sites for hydroxylation is 1. The van der Waals surface area contributed by atoms with Crippen LogP contribution in [-0.2, 0) is 18.4 Å². The number of amides is 2. The van der Waals surface area contributed by atoms with E-state index in [1.54, 1.807) is 28.8 Å². The fraction of sp³-hybridized carbons (Fsp3) is 0.400.